The van der Waals surface area contributed by atoms with Gasteiger partial charge in [-0.2, -0.15) is 0 Å². The first-order chi connectivity index (χ1) is 13.1. The van der Waals surface area contributed by atoms with Crippen molar-refractivity contribution in [3.8, 4) is 17.2 Å². The van der Waals surface area contributed by atoms with E-state index in [0.717, 1.165) is 11.5 Å². The zero-order valence-electron chi connectivity index (χ0n) is 15.4. The van der Waals surface area contributed by atoms with Gasteiger partial charge in [-0.3, -0.25) is 4.79 Å². The third-order valence-corrected chi connectivity index (χ3v) is 3.99. The lowest BCUT2D eigenvalue weighted by atomic mass is 10.2. The zero-order valence-corrected chi connectivity index (χ0v) is 15.4. The van der Waals surface area contributed by atoms with E-state index >= 15 is 0 Å². The number of hydrogen-bond acceptors (Lipinski definition) is 6. The third kappa shape index (κ3) is 5.17. The van der Waals surface area contributed by atoms with E-state index < -0.39 is 5.79 Å². The van der Waals surface area contributed by atoms with Gasteiger partial charge < -0.3 is 24.3 Å². The van der Waals surface area contributed by atoms with Crippen LogP contribution in [-0.4, -0.2) is 24.7 Å². The summed E-state index contributed by atoms with van der Waals surface area (Å²) >= 11 is 0. The van der Waals surface area contributed by atoms with Gasteiger partial charge in [-0.05, 0) is 43.3 Å². The highest BCUT2D eigenvalue weighted by Crippen LogP contribution is 2.29. The Labute approximate surface area is 158 Å². The summed E-state index contributed by atoms with van der Waals surface area (Å²) in [6.45, 7) is 3.86. The van der Waals surface area contributed by atoms with Crippen LogP contribution in [-0.2, 0) is 14.3 Å². The van der Waals surface area contributed by atoms with Crippen molar-refractivity contribution in [2.75, 3.05) is 13.2 Å². The third-order valence-electron chi connectivity index (χ3n) is 3.99. The van der Waals surface area contributed by atoms with Gasteiger partial charge in [0.05, 0.1) is 6.54 Å². The number of para-hydroxylation sites is 1. The van der Waals surface area contributed by atoms with Gasteiger partial charge in [-0.15, -0.1) is 0 Å². The van der Waals surface area contributed by atoms with E-state index in [4.69, 9.17) is 18.9 Å². The van der Waals surface area contributed by atoms with Gasteiger partial charge in [0, 0.05) is 6.42 Å². The number of rotatable bonds is 9. The molecule has 0 amide bonds. The number of ketones is 1. The Bertz CT molecular complexity index is 788. The van der Waals surface area contributed by atoms with Crippen LogP contribution in [0.4, 0.5) is 0 Å². The fourth-order valence-electron chi connectivity index (χ4n) is 2.44. The standard InChI is InChI=1S/C21H23NO5/c1-3-21(25-14-20(27-21)22-13-16(2)23)15-24-17-9-11-19(12-10-17)26-18-7-5-4-6-8-18/h4-12,14,22H,3,13,15H2,1-2H3. The molecule has 0 saturated heterocycles. The van der Waals surface area contributed by atoms with Gasteiger partial charge >= 0.3 is 0 Å². The van der Waals surface area contributed by atoms with Crippen LogP contribution in [0.2, 0.25) is 0 Å². The molecule has 1 atom stereocenters. The quantitative estimate of drug-likeness (QED) is 0.721. The van der Waals surface area contributed by atoms with Crippen LogP contribution in [0.5, 0.6) is 17.2 Å². The number of carbonyl (C=O) groups is 1. The van der Waals surface area contributed by atoms with Gasteiger partial charge in [0.25, 0.3) is 5.79 Å². The molecule has 0 bridgehead atoms. The first-order valence-corrected chi connectivity index (χ1v) is 8.85. The van der Waals surface area contributed by atoms with Crippen molar-refractivity contribution in [2.24, 2.45) is 0 Å². The summed E-state index contributed by atoms with van der Waals surface area (Å²) in [6.07, 6.45) is 2.07. The van der Waals surface area contributed by atoms with Crippen LogP contribution in [0.15, 0.2) is 66.7 Å². The molecule has 0 spiro atoms. The molecule has 1 aliphatic heterocycles. The van der Waals surface area contributed by atoms with Crippen molar-refractivity contribution in [1.82, 2.24) is 5.32 Å². The Kier molecular flexibility index (Phi) is 5.86. The van der Waals surface area contributed by atoms with E-state index in [9.17, 15) is 4.79 Å². The minimum atomic E-state index is -0.904. The molecule has 6 heteroatoms. The van der Waals surface area contributed by atoms with Crippen LogP contribution in [0.3, 0.4) is 0 Å². The van der Waals surface area contributed by atoms with Crippen molar-refractivity contribution >= 4 is 5.78 Å². The fraction of sp³-hybridized carbons (Fsp3) is 0.286. The molecule has 1 aliphatic rings. The Balaban J connectivity index is 1.52. The van der Waals surface area contributed by atoms with Crippen LogP contribution >= 0.6 is 0 Å². The monoisotopic (exact) mass is 369 g/mol. The number of Topliss-reactive ketones (excluding diaryl/α,β-unsaturated/α-hetero) is 1. The number of benzene rings is 2. The molecular weight excluding hydrogens is 346 g/mol. The SMILES string of the molecule is CCC1(COc2ccc(Oc3ccccc3)cc2)OC=C(NCC(C)=O)O1. The maximum Gasteiger partial charge on any atom is 0.286 e. The largest absolute Gasteiger partial charge is 0.485 e. The predicted octanol–water partition coefficient (Wildman–Crippen LogP) is 3.99. The summed E-state index contributed by atoms with van der Waals surface area (Å²) in [5.74, 6) is 1.73. The summed E-state index contributed by atoms with van der Waals surface area (Å²) in [4.78, 5) is 11.1. The molecule has 27 heavy (non-hydrogen) atoms. The zero-order chi connectivity index (χ0) is 19.1. The Morgan fingerprint density at radius 1 is 1.04 bits per heavy atom. The summed E-state index contributed by atoms with van der Waals surface area (Å²) in [5, 5.41) is 2.89. The van der Waals surface area contributed by atoms with Gasteiger partial charge in [0.15, 0.2) is 6.61 Å². The van der Waals surface area contributed by atoms with Gasteiger partial charge in [-0.25, -0.2) is 0 Å². The van der Waals surface area contributed by atoms with Crippen molar-refractivity contribution in [1.29, 1.82) is 0 Å². The number of hydrogen-bond donors (Lipinski definition) is 1. The van der Waals surface area contributed by atoms with Crippen molar-refractivity contribution in [2.45, 2.75) is 26.1 Å². The van der Waals surface area contributed by atoms with Crippen LogP contribution < -0.4 is 14.8 Å². The maximum atomic E-state index is 11.1. The highest BCUT2D eigenvalue weighted by atomic mass is 16.7. The molecule has 0 aliphatic carbocycles. The molecule has 0 fully saturated rings. The van der Waals surface area contributed by atoms with E-state index in [1.54, 1.807) is 0 Å². The molecule has 0 saturated carbocycles. The summed E-state index contributed by atoms with van der Waals surface area (Å²) in [5.41, 5.74) is 0. The lowest BCUT2D eigenvalue weighted by molar-refractivity contribution is -0.173. The highest BCUT2D eigenvalue weighted by Gasteiger charge is 2.38. The lowest BCUT2D eigenvalue weighted by Gasteiger charge is -2.27. The van der Waals surface area contributed by atoms with E-state index in [0.29, 0.717) is 18.1 Å². The maximum absolute atomic E-state index is 11.1. The molecule has 3 rings (SSSR count). The first kappa shape index (κ1) is 18.6. The van der Waals surface area contributed by atoms with Crippen LogP contribution in [0, 0.1) is 0 Å². The van der Waals surface area contributed by atoms with Crippen molar-refractivity contribution in [3.05, 3.63) is 66.7 Å². The lowest BCUT2D eigenvalue weighted by Crippen LogP contribution is -2.38. The van der Waals surface area contributed by atoms with Gasteiger partial charge in [0.1, 0.15) is 29.3 Å². The van der Waals surface area contributed by atoms with Crippen molar-refractivity contribution in [3.63, 3.8) is 0 Å². The van der Waals surface area contributed by atoms with Crippen LogP contribution in [0.25, 0.3) is 0 Å². The van der Waals surface area contributed by atoms with Gasteiger partial charge in [0.2, 0.25) is 5.88 Å². The molecule has 1 unspecified atom stereocenters. The molecule has 142 valence electrons. The minimum Gasteiger partial charge on any atom is -0.485 e. The van der Waals surface area contributed by atoms with E-state index in [1.807, 2.05) is 61.5 Å². The second kappa shape index (κ2) is 8.49. The van der Waals surface area contributed by atoms with E-state index in [2.05, 4.69) is 5.32 Å². The number of nitrogens with one attached hydrogen (secondary N) is 1. The second-order valence-corrected chi connectivity index (χ2v) is 6.20. The molecule has 2 aromatic carbocycles. The topological polar surface area (TPSA) is 66.0 Å². The van der Waals surface area contributed by atoms with E-state index in [1.165, 1.54) is 13.2 Å². The Morgan fingerprint density at radius 2 is 1.70 bits per heavy atom. The molecule has 0 aromatic heterocycles. The molecule has 0 radical (unpaired) electrons. The van der Waals surface area contributed by atoms with Gasteiger partial charge in [-0.1, -0.05) is 25.1 Å². The number of carbonyl (C=O) groups excluding carboxylic acids is 1. The molecule has 1 heterocycles. The first-order valence-electron chi connectivity index (χ1n) is 8.85. The summed E-state index contributed by atoms with van der Waals surface area (Å²) in [7, 11) is 0. The highest BCUT2D eigenvalue weighted by molar-refractivity contribution is 5.77. The Morgan fingerprint density at radius 3 is 2.37 bits per heavy atom. The molecular formula is C21H23NO5. The second-order valence-electron chi connectivity index (χ2n) is 6.20. The predicted molar refractivity (Wildman–Crippen MR) is 100 cm³/mol. The van der Waals surface area contributed by atoms with Crippen LogP contribution in [0.1, 0.15) is 20.3 Å². The molecule has 2 aromatic rings. The smallest absolute Gasteiger partial charge is 0.286 e. The average Bonchev–Trinajstić information content (AvgIpc) is 3.11. The molecule has 1 N–H and O–H groups in total. The summed E-state index contributed by atoms with van der Waals surface area (Å²) in [6, 6.07) is 16.9. The van der Waals surface area contributed by atoms with Crippen molar-refractivity contribution < 1.29 is 23.7 Å². The van der Waals surface area contributed by atoms with E-state index in [-0.39, 0.29) is 18.9 Å². The summed E-state index contributed by atoms with van der Waals surface area (Å²) < 4.78 is 23.0. The Hall–Kier alpha value is -3.15. The minimum absolute atomic E-state index is 0.0163. The fourth-order valence-corrected chi connectivity index (χ4v) is 2.44. The normalized spacial score (nSPS) is 18.1. The molecule has 6 nitrogen and oxygen atoms in total. The number of ether oxygens (including phenoxy) is 4. The average molecular weight is 369 g/mol.